The number of nitrogens with one attached hydrogen (secondary N) is 2. The molecule has 3 amide bonds. The van der Waals surface area contributed by atoms with Crippen LogP contribution in [0.3, 0.4) is 0 Å². The molecule has 2 N–H and O–H groups in total. The number of aromatic nitrogens is 1. The first-order chi connectivity index (χ1) is 19.0. The number of aryl methyl sites for hydroxylation is 1. The van der Waals surface area contributed by atoms with Gasteiger partial charge in [-0.15, -0.1) is 11.3 Å². The largest absolute Gasteiger partial charge is 0.493 e. The number of likely N-dealkylation sites (tertiary alicyclic amines) is 1. The van der Waals surface area contributed by atoms with Crippen LogP contribution in [0.4, 0.5) is 0 Å². The molecule has 4 bridgehead atoms. The van der Waals surface area contributed by atoms with E-state index in [9.17, 15) is 14.4 Å². The third-order valence-electron chi connectivity index (χ3n) is 6.76. The summed E-state index contributed by atoms with van der Waals surface area (Å²) in [6.45, 7) is 0.910. The lowest BCUT2D eigenvalue weighted by atomic mass is 10.0. The van der Waals surface area contributed by atoms with Gasteiger partial charge in [0.05, 0.1) is 18.7 Å². The van der Waals surface area contributed by atoms with Crippen LogP contribution in [0.5, 0.6) is 17.2 Å². The van der Waals surface area contributed by atoms with Crippen molar-refractivity contribution in [3.63, 3.8) is 0 Å². The van der Waals surface area contributed by atoms with Gasteiger partial charge in [-0.05, 0) is 41.8 Å². The number of ether oxygens (including phenoxy) is 3. The van der Waals surface area contributed by atoms with Gasteiger partial charge in [-0.1, -0.05) is 18.2 Å². The molecule has 1 aromatic heterocycles. The van der Waals surface area contributed by atoms with E-state index in [0.29, 0.717) is 55.3 Å². The average molecular weight is 551 g/mol. The Morgan fingerprint density at radius 3 is 2.69 bits per heavy atom. The molecule has 5 aliphatic rings. The molecule has 2 aromatic carbocycles. The van der Waals surface area contributed by atoms with Gasteiger partial charge in [0.1, 0.15) is 17.5 Å². The molecule has 0 unspecified atom stereocenters. The van der Waals surface area contributed by atoms with Crippen molar-refractivity contribution in [3.8, 4) is 17.2 Å². The highest BCUT2D eigenvalue weighted by molar-refractivity contribution is 7.07. The second-order valence-electron chi connectivity index (χ2n) is 9.44. The van der Waals surface area contributed by atoms with Gasteiger partial charge in [0.25, 0.3) is 11.8 Å². The Morgan fingerprint density at radius 2 is 1.92 bits per heavy atom. The number of carbonyl (C=O) groups excluding carboxylic acids is 3. The van der Waals surface area contributed by atoms with Crippen LogP contribution in [0, 0.1) is 0 Å². The highest BCUT2D eigenvalue weighted by atomic mass is 32.1. The van der Waals surface area contributed by atoms with Crippen LogP contribution in [0.2, 0.25) is 0 Å². The molecule has 1 saturated heterocycles. The molecular weight excluding hydrogens is 520 g/mol. The number of nitrogens with zero attached hydrogens (tertiary/aromatic N) is 2. The predicted octanol–water partition coefficient (Wildman–Crippen LogP) is 2.57. The van der Waals surface area contributed by atoms with E-state index in [1.54, 1.807) is 21.9 Å². The molecule has 0 radical (unpaired) electrons. The van der Waals surface area contributed by atoms with E-state index in [-0.39, 0.29) is 37.0 Å². The number of amides is 3. The summed E-state index contributed by atoms with van der Waals surface area (Å²) in [7, 11) is 1.53. The molecule has 0 spiro atoms. The minimum atomic E-state index is -0.466. The predicted molar refractivity (Wildman–Crippen MR) is 144 cm³/mol. The van der Waals surface area contributed by atoms with Gasteiger partial charge in [-0.25, -0.2) is 4.98 Å². The number of thiazole rings is 1. The first-order valence-corrected chi connectivity index (χ1v) is 13.7. The molecule has 3 aromatic rings. The van der Waals surface area contributed by atoms with Crippen LogP contribution in [-0.4, -0.2) is 66.6 Å². The second-order valence-corrected chi connectivity index (χ2v) is 10.2. The van der Waals surface area contributed by atoms with Gasteiger partial charge in [0, 0.05) is 37.9 Å². The molecule has 1 fully saturated rings. The van der Waals surface area contributed by atoms with Crippen LogP contribution in [0.1, 0.15) is 34.5 Å². The average Bonchev–Trinajstić information content (AvgIpc) is 3.50. The topological polar surface area (TPSA) is 119 Å². The van der Waals surface area contributed by atoms with Crippen molar-refractivity contribution < 1.29 is 28.6 Å². The highest BCUT2D eigenvalue weighted by Gasteiger charge is 2.35. The zero-order valence-corrected chi connectivity index (χ0v) is 22.4. The lowest BCUT2D eigenvalue weighted by Gasteiger charge is -2.38. The smallest absolute Gasteiger partial charge is 0.273 e. The van der Waals surface area contributed by atoms with Crippen molar-refractivity contribution >= 4 is 29.1 Å². The van der Waals surface area contributed by atoms with E-state index < -0.39 is 6.04 Å². The summed E-state index contributed by atoms with van der Waals surface area (Å²) in [5.41, 5.74) is 3.88. The Kier molecular flexibility index (Phi) is 8.26. The van der Waals surface area contributed by atoms with Crippen LogP contribution in [0.15, 0.2) is 53.4 Å². The number of hydrogen-bond acceptors (Lipinski definition) is 8. The summed E-state index contributed by atoms with van der Waals surface area (Å²) in [6, 6.07) is 12.4. The number of carbonyl (C=O) groups is 3. The minimum absolute atomic E-state index is 0.0532. The third-order valence-corrected chi connectivity index (χ3v) is 7.35. The van der Waals surface area contributed by atoms with Crippen molar-refractivity contribution in [2.45, 2.75) is 38.0 Å². The lowest BCUT2D eigenvalue weighted by molar-refractivity contribution is -0.125. The minimum Gasteiger partial charge on any atom is -0.493 e. The van der Waals surface area contributed by atoms with Crippen molar-refractivity contribution in [1.29, 1.82) is 0 Å². The normalized spacial score (nSPS) is 20.2. The first kappa shape index (κ1) is 26.5. The molecule has 5 aliphatic heterocycles. The number of piperidine rings is 1. The number of rotatable bonds is 2. The zero-order chi connectivity index (χ0) is 27.2. The van der Waals surface area contributed by atoms with E-state index in [2.05, 4.69) is 15.6 Å². The second kappa shape index (κ2) is 12.2. The Bertz CT molecular complexity index is 1310. The maximum atomic E-state index is 13.0. The molecule has 0 aliphatic carbocycles. The SMILES string of the molecule is COc1cc2ccc1OCC(=O)N[C@@H]1CN(C(=O)c3cscn3)CC[C@H]1Oc1ccc(cc1)CNC(=O)CC2. The standard InChI is InChI=1S/C28H30N4O6S/c1-36-25-12-18-4-8-24(25)37-15-27(34)31-21-14-32(28(35)22-16-39-17-30-22)11-10-23(21)38-20-6-2-19(3-7-20)13-29-26(33)9-5-18/h2-4,6-8,12,16-17,21,23H,5,9-11,13-15H2,1H3,(H,29,33)(H,31,34)/t21-,23-/m1/s1. The van der Waals surface area contributed by atoms with Gasteiger partial charge in [0.15, 0.2) is 18.1 Å². The fourth-order valence-electron chi connectivity index (χ4n) is 4.66. The monoisotopic (exact) mass is 550 g/mol. The van der Waals surface area contributed by atoms with Gasteiger partial charge in [0.2, 0.25) is 5.91 Å². The number of methoxy groups -OCH3 is 1. The fraction of sp³-hybridized carbons (Fsp3) is 0.357. The number of hydrogen-bond donors (Lipinski definition) is 2. The van der Waals surface area contributed by atoms with Gasteiger partial charge < -0.3 is 29.7 Å². The maximum Gasteiger partial charge on any atom is 0.273 e. The summed E-state index contributed by atoms with van der Waals surface area (Å²) in [4.78, 5) is 44.2. The zero-order valence-electron chi connectivity index (χ0n) is 21.6. The Hall–Kier alpha value is -4.12. The lowest BCUT2D eigenvalue weighted by Crippen LogP contribution is -2.58. The van der Waals surface area contributed by atoms with Crippen molar-refractivity contribution in [1.82, 2.24) is 20.5 Å². The molecule has 39 heavy (non-hydrogen) atoms. The summed E-state index contributed by atoms with van der Waals surface area (Å²) < 4.78 is 17.5. The molecule has 10 nitrogen and oxygen atoms in total. The Morgan fingerprint density at radius 1 is 1.10 bits per heavy atom. The van der Waals surface area contributed by atoms with E-state index in [1.165, 1.54) is 18.4 Å². The summed E-state index contributed by atoms with van der Waals surface area (Å²) in [5.74, 6) is 0.971. The van der Waals surface area contributed by atoms with Gasteiger partial charge in [-0.3, -0.25) is 14.4 Å². The van der Waals surface area contributed by atoms with Crippen LogP contribution >= 0.6 is 11.3 Å². The fourth-order valence-corrected chi connectivity index (χ4v) is 5.19. The van der Waals surface area contributed by atoms with E-state index in [1.807, 2.05) is 36.4 Å². The molecule has 8 rings (SSSR count). The Balaban J connectivity index is 1.37. The summed E-state index contributed by atoms with van der Waals surface area (Å²) >= 11 is 1.36. The maximum absolute atomic E-state index is 13.0. The summed E-state index contributed by atoms with van der Waals surface area (Å²) in [5, 5.41) is 7.68. The Labute approximate surface area is 230 Å². The highest BCUT2D eigenvalue weighted by Crippen LogP contribution is 2.29. The van der Waals surface area contributed by atoms with Crippen LogP contribution < -0.4 is 24.8 Å². The summed E-state index contributed by atoms with van der Waals surface area (Å²) in [6.07, 6.45) is 1.03. The molecule has 0 saturated carbocycles. The van der Waals surface area contributed by atoms with E-state index in [4.69, 9.17) is 14.2 Å². The number of benzene rings is 2. The van der Waals surface area contributed by atoms with Crippen LogP contribution in [-0.2, 0) is 22.6 Å². The molecule has 11 heteroatoms. The van der Waals surface area contributed by atoms with E-state index >= 15 is 0 Å². The van der Waals surface area contributed by atoms with Gasteiger partial charge >= 0.3 is 0 Å². The third kappa shape index (κ3) is 6.66. The molecular formula is C28H30N4O6S. The molecule has 2 atom stereocenters. The van der Waals surface area contributed by atoms with Crippen molar-refractivity contribution in [2.24, 2.45) is 0 Å². The van der Waals surface area contributed by atoms with Gasteiger partial charge in [-0.2, -0.15) is 0 Å². The van der Waals surface area contributed by atoms with Crippen LogP contribution in [0.25, 0.3) is 0 Å². The molecule has 204 valence electrons. The quantitative estimate of drug-likeness (QED) is 0.503. The van der Waals surface area contributed by atoms with Crippen molar-refractivity contribution in [3.05, 3.63) is 70.2 Å². The van der Waals surface area contributed by atoms with Crippen molar-refractivity contribution in [2.75, 3.05) is 26.8 Å². The first-order valence-electron chi connectivity index (χ1n) is 12.8. The van der Waals surface area contributed by atoms with E-state index in [0.717, 1.165) is 11.1 Å². The molecule has 6 heterocycles.